The van der Waals surface area contributed by atoms with E-state index < -0.39 is 0 Å². The summed E-state index contributed by atoms with van der Waals surface area (Å²) in [5.74, 6) is 4.43. The Morgan fingerprint density at radius 1 is 1.04 bits per heavy atom. The van der Waals surface area contributed by atoms with E-state index >= 15 is 0 Å². The van der Waals surface area contributed by atoms with E-state index in [-0.39, 0.29) is 17.3 Å². The minimum absolute atomic E-state index is 0.0197. The maximum absolute atomic E-state index is 10.8. The SMILES string of the molecule is CC12CCC3C4CCC5(CC4=CCC3C1[C@H]1CC1C2O)OCCO5. The fourth-order valence-corrected chi connectivity index (χ4v) is 7.92. The Labute approximate surface area is 144 Å². The summed E-state index contributed by atoms with van der Waals surface area (Å²) >= 11 is 0. The molecule has 5 aliphatic carbocycles. The third kappa shape index (κ3) is 1.74. The highest BCUT2D eigenvalue weighted by Gasteiger charge is 2.69. The molecule has 3 nitrogen and oxygen atoms in total. The fourth-order valence-electron chi connectivity index (χ4n) is 7.92. The summed E-state index contributed by atoms with van der Waals surface area (Å²) in [6.07, 6.45) is 11.0. The standard InChI is InChI=1S/C21H30O3/c1-20-6-4-14-13-5-7-21(23-8-9-24-21)11-12(13)2-3-15(14)18(20)16-10-17(16)19(20)22/h2,13-19,22H,3-11H2,1H3/t13?,14?,15?,16-,17?,18?,19?,20?/m0/s1. The molecule has 1 N–H and O–H groups in total. The van der Waals surface area contributed by atoms with Gasteiger partial charge in [0.15, 0.2) is 5.79 Å². The van der Waals surface area contributed by atoms with Crippen molar-refractivity contribution in [3.05, 3.63) is 11.6 Å². The van der Waals surface area contributed by atoms with Gasteiger partial charge in [0.1, 0.15) is 0 Å². The average Bonchev–Trinajstić information content (AvgIpc) is 3.18. The number of fused-ring (bicyclic) bond motifs is 7. The Hall–Kier alpha value is -0.380. The lowest BCUT2D eigenvalue weighted by molar-refractivity contribution is -0.177. The number of hydrogen-bond donors (Lipinski definition) is 1. The number of aliphatic hydroxyl groups is 1. The van der Waals surface area contributed by atoms with Crippen molar-refractivity contribution in [2.75, 3.05) is 13.2 Å². The number of allylic oxidation sites excluding steroid dienone is 1. The maximum atomic E-state index is 10.8. The normalized spacial score (nSPS) is 56.9. The molecule has 1 heterocycles. The largest absolute Gasteiger partial charge is 0.392 e. The van der Waals surface area contributed by atoms with Crippen LogP contribution >= 0.6 is 0 Å². The summed E-state index contributed by atoms with van der Waals surface area (Å²) in [5.41, 5.74) is 1.85. The van der Waals surface area contributed by atoms with Gasteiger partial charge in [0.05, 0.1) is 19.3 Å². The fraction of sp³-hybridized carbons (Fsp3) is 0.905. The highest BCUT2D eigenvalue weighted by molar-refractivity contribution is 5.24. The molecule has 1 aliphatic heterocycles. The predicted molar refractivity (Wildman–Crippen MR) is 90.1 cm³/mol. The number of hydrogen-bond acceptors (Lipinski definition) is 3. The molecule has 0 aromatic rings. The van der Waals surface area contributed by atoms with Crippen LogP contribution in [0, 0.1) is 40.9 Å². The molecule has 1 spiro atoms. The van der Waals surface area contributed by atoms with Crippen molar-refractivity contribution in [2.45, 2.75) is 63.8 Å². The van der Waals surface area contributed by atoms with Crippen molar-refractivity contribution in [1.29, 1.82) is 0 Å². The van der Waals surface area contributed by atoms with Crippen LogP contribution in [0.3, 0.4) is 0 Å². The molecular formula is C21H30O3. The van der Waals surface area contributed by atoms with Crippen LogP contribution in [0.25, 0.3) is 0 Å². The number of rotatable bonds is 0. The Balaban J connectivity index is 1.31. The van der Waals surface area contributed by atoms with E-state index in [0.29, 0.717) is 5.92 Å². The summed E-state index contributed by atoms with van der Waals surface area (Å²) in [7, 11) is 0. The molecule has 1 saturated heterocycles. The average molecular weight is 330 g/mol. The molecule has 0 amide bonds. The van der Waals surface area contributed by atoms with Crippen LogP contribution in [0.2, 0.25) is 0 Å². The first-order valence-electron chi connectivity index (χ1n) is 10.3. The molecule has 4 saturated carbocycles. The van der Waals surface area contributed by atoms with Gasteiger partial charge in [-0.25, -0.2) is 0 Å². The quantitative estimate of drug-likeness (QED) is 0.691. The molecule has 0 radical (unpaired) electrons. The second kappa shape index (κ2) is 4.66. The van der Waals surface area contributed by atoms with Crippen LogP contribution in [-0.4, -0.2) is 30.2 Å². The molecule has 0 aromatic carbocycles. The molecule has 24 heavy (non-hydrogen) atoms. The lowest BCUT2D eigenvalue weighted by atomic mass is 9.51. The molecule has 3 heteroatoms. The topological polar surface area (TPSA) is 38.7 Å². The van der Waals surface area contributed by atoms with Crippen LogP contribution < -0.4 is 0 Å². The van der Waals surface area contributed by atoms with E-state index in [4.69, 9.17) is 9.47 Å². The Morgan fingerprint density at radius 2 is 1.88 bits per heavy atom. The number of ether oxygens (including phenoxy) is 2. The van der Waals surface area contributed by atoms with Gasteiger partial charge in [-0.2, -0.15) is 0 Å². The second-order valence-corrected chi connectivity index (χ2v) is 9.85. The molecular weight excluding hydrogens is 300 g/mol. The predicted octanol–water partition coefficient (Wildman–Crippen LogP) is 3.52. The Bertz CT molecular complexity index is 592. The molecule has 8 atom stereocenters. The van der Waals surface area contributed by atoms with Crippen molar-refractivity contribution in [1.82, 2.24) is 0 Å². The summed E-state index contributed by atoms with van der Waals surface area (Å²) < 4.78 is 12.0. The first-order chi connectivity index (χ1) is 11.6. The highest BCUT2D eigenvalue weighted by Crippen LogP contribution is 2.71. The Kier molecular flexibility index (Phi) is 2.87. The van der Waals surface area contributed by atoms with Crippen molar-refractivity contribution in [3.63, 3.8) is 0 Å². The zero-order valence-corrected chi connectivity index (χ0v) is 14.7. The van der Waals surface area contributed by atoms with E-state index in [1.807, 2.05) is 0 Å². The van der Waals surface area contributed by atoms with Gasteiger partial charge >= 0.3 is 0 Å². The molecule has 5 fully saturated rings. The zero-order chi connectivity index (χ0) is 16.1. The van der Waals surface area contributed by atoms with Crippen molar-refractivity contribution >= 4 is 0 Å². The lowest BCUT2D eigenvalue weighted by Gasteiger charge is -2.55. The van der Waals surface area contributed by atoms with E-state index in [9.17, 15) is 5.11 Å². The first-order valence-corrected chi connectivity index (χ1v) is 10.3. The molecule has 6 rings (SSSR count). The van der Waals surface area contributed by atoms with Crippen LogP contribution in [0.5, 0.6) is 0 Å². The molecule has 6 aliphatic rings. The second-order valence-electron chi connectivity index (χ2n) is 9.85. The zero-order valence-electron chi connectivity index (χ0n) is 14.7. The van der Waals surface area contributed by atoms with Gasteiger partial charge in [-0.3, -0.25) is 0 Å². The summed E-state index contributed by atoms with van der Waals surface area (Å²) in [5, 5.41) is 10.8. The van der Waals surface area contributed by atoms with E-state index in [1.54, 1.807) is 5.57 Å². The lowest BCUT2D eigenvalue weighted by Crippen LogP contribution is -2.50. The molecule has 0 bridgehead atoms. The first kappa shape index (κ1) is 14.8. The van der Waals surface area contributed by atoms with Crippen molar-refractivity contribution in [3.8, 4) is 0 Å². The third-order valence-electron chi connectivity index (χ3n) is 8.99. The third-order valence-corrected chi connectivity index (χ3v) is 8.99. The van der Waals surface area contributed by atoms with E-state index in [1.165, 1.54) is 32.1 Å². The highest BCUT2D eigenvalue weighted by atomic mass is 16.7. The van der Waals surface area contributed by atoms with Gasteiger partial charge in [0.2, 0.25) is 0 Å². The summed E-state index contributed by atoms with van der Waals surface area (Å²) in [6.45, 7) is 3.94. The van der Waals surface area contributed by atoms with Crippen molar-refractivity contribution < 1.29 is 14.6 Å². The molecule has 132 valence electrons. The van der Waals surface area contributed by atoms with E-state index in [0.717, 1.165) is 55.6 Å². The molecule has 0 aromatic heterocycles. The van der Waals surface area contributed by atoms with E-state index in [2.05, 4.69) is 13.0 Å². The van der Waals surface area contributed by atoms with Gasteiger partial charge in [-0.15, -0.1) is 0 Å². The van der Waals surface area contributed by atoms with Crippen LogP contribution in [0.1, 0.15) is 51.9 Å². The summed E-state index contributed by atoms with van der Waals surface area (Å²) in [6, 6.07) is 0. The van der Waals surface area contributed by atoms with Crippen molar-refractivity contribution in [2.24, 2.45) is 40.9 Å². The van der Waals surface area contributed by atoms with Crippen LogP contribution in [0.15, 0.2) is 11.6 Å². The number of aliphatic hydroxyl groups excluding tert-OH is 1. The molecule has 7 unspecified atom stereocenters. The van der Waals surface area contributed by atoms with Crippen LogP contribution in [0.4, 0.5) is 0 Å². The van der Waals surface area contributed by atoms with Gasteiger partial charge in [-0.1, -0.05) is 18.6 Å². The smallest absolute Gasteiger partial charge is 0.172 e. The van der Waals surface area contributed by atoms with Gasteiger partial charge in [0.25, 0.3) is 0 Å². The van der Waals surface area contributed by atoms with Gasteiger partial charge in [-0.05, 0) is 73.0 Å². The monoisotopic (exact) mass is 330 g/mol. The Morgan fingerprint density at radius 3 is 2.71 bits per heavy atom. The van der Waals surface area contributed by atoms with Gasteiger partial charge in [0, 0.05) is 12.8 Å². The van der Waals surface area contributed by atoms with Gasteiger partial charge < -0.3 is 14.6 Å². The van der Waals surface area contributed by atoms with Crippen LogP contribution in [-0.2, 0) is 9.47 Å². The summed E-state index contributed by atoms with van der Waals surface area (Å²) in [4.78, 5) is 0. The maximum Gasteiger partial charge on any atom is 0.172 e. The minimum Gasteiger partial charge on any atom is -0.392 e. The minimum atomic E-state index is -0.274.